The lowest BCUT2D eigenvalue weighted by Gasteiger charge is -2.21. The van der Waals surface area contributed by atoms with Gasteiger partial charge in [-0.2, -0.15) is 0 Å². The predicted molar refractivity (Wildman–Crippen MR) is 64.3 cm³/mol. The highest BCUT2D eigenvalue weighted by atomic mass is 16.5. The van der Waals surface area contributed by atoms with Crippen molar-refractivity contribution in [1.29, 1.82) is 0 Å². The molecule has 15 heavy (non-hydrogen) atoms. The Kier molecular flexibility index (Phi) is 8.02. The number of ether oxygens (including phenoxy) is 2. The molecule has 0 aromatic rings. The molecule has 0 bridgehead atoms. The molecular weight excluding hydrogens is 190 g/mol. The van der Waals surface area contributed by atoms with Gasteiger partial charge in [-0.1, -0.05) is 0 Å². The van der Waals surface area contributed by atoms with Crippen LogP contribution in [0.2, 0.25) is 0 Å². The second-order valence-corrected chi connectivity index (χ2v) is 4.99. The fraction of sp³-hybridized carbons (Fsp3) is 1.00. The number of hydrogen-bond acceptors (Lipinski definition) is 3. The summed E-state index contributed by atoms with van der Waals surface area (Å²) in [4.78, 5) is 0. The molecule has 0 rings (SSSR count). The molecule has 92 valence electrons. The lowest BCUT2D eigenvalue weighted by Crippen LogP contribution is -2.36. The normalized spacial score (nSPS) is 14.2. The van der Waals surface area contributed by atoms with Gasteiger partial charge in [0.25, 0.3) is 0 Å². The summed E-state index contributed by atoms with van der Waals surface area (Å²) in [5.74, 6) is 0. The van der Waals surface area contributed by atoms with Crippen LogP contribution < -0.4 is 5.32 Å². The molecule has 0 aliphatic rings. The minimum absolute atomic E-state index is 0.222. The van der Waals surface area contributed by atoms with Gasteiger partial charge in [-0.15, -0.1) is 0 Å². The molecule has 3 heteroatoms. The predicted octanol–water partition coefficient (Wildman–Crippen LogP) is 2.21. The van der Waals surface area contributed by atoms with E-state index in [4.69, 9.17) is 9.47 Å². The number of rotatable bonds is 8. The smallest absolute Gasteiger partial charge is 0.0703 e. The van der Waals surface area contributed by atoms with Crippen molar-refractivity contribution in [3.63, 3.8) is 0 Å². The standard InChI is InChI=1S/C12H27NO2/c1-11(15-10-9-14-5)7-6-8-13-12(2,3)4/h11,13H,6-10H2,1-5H3. The van der Waals surface area contributed by atoms with Crippen LogP contribution >= 0.6 is 0 Å². The quantitative estimate of drug-likeness (QED) is 0.632. The van der Waals surface area contributed by atoms with E-state index < -0.39 is 0 Å². The maximum Gasteiger partial charge on any atom is 0.0703 e. The molecule has 0 aliphatic heterocycles. The Morgan fingerprint density at radius 2 is 1.87 bits per heavy atom. The lowest BCUT2D eigenvalue weighted by atomic mass is 10.1. The number of nitrogens with one attached hydrogen (secondary N) is 1. The van der Waals surface area contributed by atoms with Crippen molar-refractivity contribution in [3.05, 3.63) is 0 Å². The van der Waals surface area contributed by atoms with Crippen LogP contribution in [0.15, 0.2) is 0 Å². The highest BCUT2D eigenvalue weighted by Gasteiger charge is 2.08. The summed E-state index contributed by atoms with van der Waals surface area (Å²) in [6.07, 6.45) is 2.60. The van der Waals surface area contributed by atoms with E-state index in [-0.39, 0.29) is 5.54 Å². The summed E-state index contributed by atoms with van der Waals surface area (Å²) < 4.78 is 10.5. The van der Waals surface area contributed by atoms with Crippen molar-refractivity contribution < 1.29 is 9.47 Å². The van der Waals surface area contributed by atoms with E-state index in [1.807, 2.05) is 0 Å². The third-order valence-corrected chi connectivity index (χ3v) is 2.13. The molecule has 1 N–H and O–H groups in total. The van der Waals surface area contributed by atoms with E-state index >= 15 is 0 Å². The Bertz CT molecular complexity index is 143. The molecule has 0 aliphatic carbocycles. The highest BCUT2D eigenvalue weighted by molar-refractivity contribution is 4.69. The van der Waals surface area contributed by atoms with Gasteiger partial charge < -0.3 is 14.8 Å². The zero-order valence-corrected chi connectivity index (χ0v) is 10.9. The van der Waals surface area contributed by atoms with Gasteiger partial charge in [-0.05, 0) is 47.1 Å². The molecular formula is C12H27NO2. The van der Waals surface area contributed by atoms with Gasteiger partial charge in [0, 0.05) is 12.6 Å². The van der Waals surface area contributed by atoms with Crippen LogP contribution in [0.3, 0.4) is 0 Å². The first kappa shape index (κ1) is 14.9. The van der Waals surface area contributed by atoms with Crippen molar-refractivity contribution in [2.45, 2.75) is 52.2 Å². The van der Waals surface area contributed by atoms with Crippen molar-refractivity contribution in [3.8, 4) is 0 Å². The minimum Gasteiger partial charge on any atom is -0.382 e. The van der Waals surface area contributed by atoms with Gasteiger partial charge in [-0.25, -0.2) is 0 Å². The molecule has 3 nitrogen and oxygen atoms in total. The fourth-order valence-electron chi connectivity index (χ4n) is 1.27. The molecule has 0 saturated heterocycles. The van der Waals surface area contributed by atoms with Gasteiger partial charge in [0.05, 0.1) is 19.3 Å². The second-order valence-electron chi connectivity index (χ2n) is 4.99. The summed E-state index contributed by atoms with van der Waals surface area (Å²) >= 11 is 0. The Morgan fingerprint density at radius 3 is 2.40 bits per heavy atom. The minimum atomic E-state index is 0.222. The molecule has 0 saturated carbocycles. The maximum absolute atomic E-state index is 5.56. The lowest BCUT2D eigenvalue weighted by molar-refractivity contribution is 0.0216. The van der Waals surface area contributed by atoms with Gasteiger partial charge in [0.2, 0.25) is 0 Å². The van der Waals surface area contributed by atoms with Gasteiger partial charge in [0.1, 0.15) is 0 Å². The van der Waals surface area contributed by atoms with Crippen molar-refractivity contribution in [2.24, 2.45) is 0 Å². The summed E-state index contributed by atoms with van der Waals surface area (Å²) in [6.45, 7) is 11.1. The first-order chi connectivity index (χ1) is 6.95. The molecule has 0 heterocycles. The molecule has 0 amide bonds. The molecule has 1 unspecified atom stereocenters. The first-order valence-corrected chi connectivity index (χ1v) is 5.81. The first-order valence-electron chi connectivity index (χ1n) is 5.81. The highest BCUT2D eigenvalue weighted by Crippen LogP contribution is 2.03. The van der Waals surface area contributed by atoms with Gasteiger partial charge in [-0.3, -0.25) is 0 Å². The molecule has 0 spiro atoms. The van der Waals surface area contributed by atoms with Gasteiger partial charge in [0.15, 0.2) is 0 Å². The zero-order chi connectivity index (χ0) is 11.7. The summed E-state index contributed by atoms with van der Waals surface area (Å²) in [5.41, 5.74) is 0.222. The third kappa shape index (κ3) is 11.8. The van der Waals surface area contributed by atoms with E-state index in [9.17, 15) is 0 Å². The summed E-state index contributed by atoms with van der Waals surface area (Å²) in [7, 11) is 1.70. The van der Waals surface area contributed by atoms with Crippen LogP contribution in [0, 0.1) is 0 Å². The van der Waals surface area contributed by atoms with Crippen LogP contribution in [-0.4, -0.2) is 38.5 Å². The molecule has 0 fully saturated rings. The van der Waals surface area contributed by atoms with Crippen LogP contribution in [0.5, 0.6) is 0 Å². The topological polar surface area (TPSA) is 30.5 Å². The van der Waals surface area contributed by atoms with Gasteiger partial charge >= 0.3 is 0 Å². The number of methoxy groups -OCH3 is 1. The summed E-state index contributed by atoms with van der Waals surface area (Å²) in [6, 6.07) is 0. The molecule has 0 radical (unpaired) electrons. The Hall–Kier alpha value is -0.120. The third-order valence-electron chi connectivity index (χ3n) is 2.13. The van der Waals surface area contributed by atoms with E-state index in [2.05, 4.69) is 33.0 Å². The van der Waals surface area contributed by atoms with Crippen molar-refractivity contribution in [2.75, 3.05) is 26.9 Å². The van der Waals surface area contributed by atoms with Crippen LogP contribution in [0.25, 0.3) is 0 Å². The molecule has 1 atom stereocenters. The molecule has 0 aromatic heterocycles. The van der Waals surface area contributed by atoms with E-state index in [1.165, 1.54) is 0 Å². The zero-order valence-electron chi connectivity index (χ0n) is 10.9. The number of hydrogen-bond donors (Lipinski definition) is 1. The average Bonchev–Trinajstić information content (AvgIpc) is 2.11. The average molecular weight is 217 g/mol. The monoisotopic (exact) mass is 217 g/mol. The maximum atomic E-state index is 5.56. The van der Waals surface area contributed by atoms with Crippen molar-refractivity contribution >= 4 is 0 Å². The summed E-state index contributed by atoms with van der Waals surface area (Å²) in [5, 5.41) is 3.46. The van der Waals surface area contributed by atoms with Crippen LogP contribution in [0.1, 0.15) is 40.5 Å². The van der Waals surface area contributed by atoms with E-state index in [1.54, 1.807) is 7.11 Å². The fourth-order valence-corrected chi connectivity index (χ4v) is 1.27. The second kappa shape index (κ2) is 8.08. The van der Waals surface area contributed by atoms with Crippen LogP contribution in [-0.2, 0) is 9.47 Å². The Balaban J connectivity index is 3.27. The Morgan fingerprint density at radius 1 is 1.20 bits per heavy atom. The van der Waals surface area contributed by atoms with E-state index in [0.29, 0.717) is 19.3 Å². The van der Waals surface area contributed by atoms with E-state index in [0.717, 1.165) is 19.4 Å². The van der Waals surface area contributed by atoms with Crippen LogP contribution in [0.4, 0.5) is 0 Å². The van der Waals surface area contributed by atoms with Crippen molar-refractivity contribution in [1.82, 2.24) is 5.32 Å². The largest absolute Gasteiger partial charge is 0.382 e. The SMILES string of the molecule is COCCOC(C)CCCNC(C)(C)C. The Labute approximate surface area is 94.5 Å². The molecule has 0 aromatic carbocycles.